The van der Waals surface area contributed by atoms with Crippen LogP contribution in [0.5, 0.6) is 0 Å². The Bertz CT molecular complexity index is 419. The number of benzene rings is 1. The Balaban J connectivity index is 2.98. The second kappa shape index (κ2) is 5.62. The first-order valence-corrected chi connectivity index (χ1v) is 5.67. The largest absolute Gasteiger partial charge is 0.469 e. The quantitative estimate of drug-likeness (QED) is 0.616. The second-order valence-corrected chi connectivity index (χ2v) is 3.97. The molecule has 0 spiro atoms. The van der Waals surface area contributed by atoms with E-state index in [1.165, 1.54) is 7.11 Å². The smallest absolute Gasteiger partial charge is 0.310 e. The Hall–Kier alpha value is -1.40. The zero-order chi connectivity index (χ0) is 12.1. The Labute approximate surface area is 96.2 Å². The number of esters is 1. The van der Waals surface area contributed by atoms with Crippen LogP contribution in [-0.2, 0) is 27.2 Å². The zero-order valence-corrected chi connectivity index (χ0v) is 9.84. The summed E-state index contributed by atoms with van der Waals surface area (Å²) in [5.41, 5.74) is 2.05. The molecular weight excluding hydrogens is 230 g/mol. The van der Waals surface area contributed by atoms with Gasteiger partial charge in [0.15, 0.2) is 0 Å². The van der Waals surface area contributed by atoms with Crippen LogP contribution in [-0.4, -0.2) is 21.8 Å². The van der Waals surface area contributed by atoms with E-state index in [0.29, 0.717) is 11.3 Å². The average Bonchev–Trinajstić information content (AvgIpc) is 2.21. The molecule has 1 aromatic carbocycles. The minimum absolute atomic E-state index is 0.0672. The molecule has 88 valence electrons. The van der Waals surface area contributed by atoms with E-state index >= 15 is 0 Å². The molecule has 5 nitrogen and oxygen atoms in total. The molecular formula is C10H13NO4S. The van der Waals surface area contributed by atoms with E-state index in [9.17, 15) is 9.00 Å². The zero-order valence-electron chi connectivity index (χ0n) is 9.02. The van der Waals surface area contributed by atoms with Gasteiger partial charge in [-0.25, -0.2) is 4.21 Å². The number of hydrogen-bond donors (Lipinski definition) is 2. The summed E-state index contributed by atoms with van der Waals surface area (Å²) in [5.74, 6) is -0.391. The van der Waals surface area contributed by atoms with Gasteiger partial charge in [0, 0.05) is 0 Å². The van der Waals surface area contributed by atoms with Crippen molar-refractivity contribution in [3.05, 3.63) is 29.3 Å². The number of methoxy groups -OCH3 is 1. The van der Waals surface area contributed by atoms with Gasteiger partial charge in [-0.1, -0.05) is 17.7 Å². The van der Waals surface area contributed by atoms with Crippen LogP contribution in [0.25, 0.3) is 0 Å². The fourth-order valence-electron chi connectivity index (χ4n) is 1.29. The third kappa shape index (κ3) is 3.63. The number of aryl methyl sites for hydroxylation is 1. The van der Waals surface area contributed by atoms with E-state index in [1.54, 1.807) is 18.2 Å². The fourth-order valence-corrected chi connectivity index (χ4v) is 1.68. The van der Waals surface area contributed by atoms with E-state index in [-0.39, 0.29) is 6.42 Å². The van der Waals surface area contributed by atoms with Crippen molar-refractivity contribution in [3.8, 4) is 0 Å². The second-order valence-electron chi connectivity index (χ2n) is 3.26. The molecule has 0 aliphatic rings. The lowest BCUT2D eigenvalue weighted by molar-refractivity contribution is -0.139. The van der Waals surface area contributed by atoms with Gasteiger partial charge in [0.1, 0.15) is 0 Å². The summed E-state index contributed by atoms with van der Waals surface area (Å²) in [6, 6.07) is 5.21. The lowest BCUT2D eigenvalue weighted by Crippen LogP contribution is -2.09. The third-order valence-electron chi connectivity index (χ3n) is 2.02. The summed E-state index contributed by atoms with van der Waals surface area (Å²) >= 11 is -2.15. The average molecular weight is 243 g/mol. The normalized spacial score (nSPS) is 11.9. The maximum Gasteiger partial charge on any atom is 0.310 e. The van der Waals surface area contributed by atoms with Crippen LogP contribution < -0.4 is 4.72 Å². The van der Waals surface area contributed by atoms with Crippen molar-refractivity contribution < 1.29 is 18.3 Å². The van der Waals surface area contributed by atoms with Gasteiger partial charge in [-0.3, -0.25) is 14.1 Å². The Morgan fingerprint density at radius 3 is 2.81 bits per heavy atom. The molecule has 0 bridgehead atoms. The minimum Gasteiger partial charge on any atom is -0.469 e. The number of ether oxygens (including phenoxy) is 1. The Morgan fingerprint density at radius 2 is 2.25 bits per heavy atom. The molecule has 0 aliphatic heterocycles. The first-order chi connectivity index (χ1) is 7.52. The van der Waals surface area contributed by atoms with Gasteiger partial charge in [-0.2, -0.15) is 0 Å². The summed E-state index contributed by atoms with van der Waals surface area (Å²) in [5, 5.41) is 0. The van der Waals surface area contributed by atoms with Crippen molar-refractivity contribution in [2.75, 3.05) is 11.8 Å². The van der Waals surface area contributed by atoms with E-state index in [0.717, 1.165) is 5.56 Å². The molecule has 0 heterocycles. The molecule has 1 rings (SSSR count). The van der Waals surface area contributed by atoms with Crippen LogP contribution in [0.15, 0.2) is 18.2 Å². The summed E-state index contributed by atoms with van der Waals surface area (Å²) < 4.78 is 26.3. The number of rotatable bonds is 4. The van der Waals surface area contributed by atoms with Gasteiger partial charge in [-0.15, -0.1) is 0 Å². The molecule has 0 fully saturated rings. The first kappa shape index (κ1) is 12.7. The predicted molar refractivity (Wildman–Crippen MR) is 61.3 cm³/mol. The van der Waals surface area contributed by atoms with E-state index < -0.39 is 17.2 Å². The van der Waals surface area contributed by atoms with Crippen molar-refractivity contribution in [2.24, 2.45) is 0 Å². The van der Waals surface area contributed by atoms with Crippen LogP contribution >= 0.6 is 0 Å². The van der Waals surface area contributed by atoms with Crippen LogP contribution in [0.3, 0.4) is 0 Å². The van der Waals surface area contributed by atoms with Crippen LogP contribution in [0.4, 0.5) is 5.69 Å². The number of carbonyl (C=O) groups is 1. The molecule has 0 amide bonds. The number of carbonyl (C=O) groups excluding carboxylic acids is 1. The molecule has 0 radical (unpaired) electrons. The van der Waals surface area contributed by atoms with Gasteiger partial charge < -0.3 is 4.74 Å². The molecule has 0 saturated carbocycles. The highest BCUT2D eigenvalue weighted by atomic mass is 32.2. The van der Waals surface area contributed by atoms with Gasteiger partial charge in [0.05, 0.1) is 19.2 Å². The standard InChI is InChI=1S/C10H13NO4S/c1-7-3-4-9(11-16(13)14)8(5-7)6-10(12)15-2/h3-5,11H,6H2,1-2H3,(H,13,14). The van der Waals surface area contributed by atoms with E-state index in [1.807, 2.05) is 6.92 Å². The van der Waals surface area contributed by atoms with Crippen LogP contribution in [0, 0.1) is 6.92 Å². The van der Waals surface area contributed by atoms with Gasteiger partial charge in [-0.05, 0) is 18.6 Å². The number of hydrogen-bond acceptors (Lipinski definition) is 3. The van der Waals surface area contributed by atoms with Crippen molar-refractivity contribution in [2.45, 2.75) is 13.3 Å². The third-order valence-corrected chi connectivity index (χ3v) is 2.42. The van der Waals surface area contributed by atoms with E-state index in [2.05, 4.69) is 9.46 Å². The fraction of sp³-hybridized carbons (Fsp3) is 0.300. The molecule has 0 saturated heterocycles. The SMILES string of the molecule is COC(=O)Cc1cc(C)ccc1NS(=O)O. The molecule has 6 heteroatoms. The summed E-state index contributed by atoms with van der Waals surface area (Å²) in [7, 11) is 1.30. The molecule has 1 atom stereocenters. The monoisotopic (exact) mass is 243 g/mol. The van der Waals surface area contributed by atoms with Crippen molar-refractivity contribution in [1.82, 2.24) is 0 Å². The number of nitrogens with one attached hydrogen (secondary N) is 1. The lowest BCUT2D eigenvalue weighted by Gasteiger charge is -2.09. The molecule has 0 aromatic heterocycles. The van der Waals surface area contributed by atoms with Crippen molar-refractivity contribution in [1.29, 1.82) is 0 Å². The molecule has 16 heavy (non-hydrogen) atoms. The van der Waals surface area contributed by atoms with Gasteiger partial charge in [0.2, 0.25) is 0 Å². The highest BCUT2D eigenvalue weighted by Crippen LogP contribution is 2.18. The molecule has 0 aliphatic carbocycles. The van der Waals surface area contributed by atoms with Gasteiger partial charge >= 0.3 is 5.97 Å². The summed E-state index contributed by atoms with van der Waals surface area (Å²) in [6.07, 6.45) is 0.0672. The lowest BCUT2D eigenvalue weighted by atomic mass is 10.1. The first-order valence-electron chi connectivity index (χ1n) is 4.57. The number of anilines is 1. The van der Waals surface area contributed by atoms with E-state index in [4.69, 9.17) is 4.55 Å². The topological polar surface area (TPSA) is 75.6 Å². The summed E-state index contributed by atoms with van der Waals surface area (Å²) in [6.45, 7) is 1.88. The molecule has 1 aromatic rings. The molecule has 1 unspecified atom stereocenters. The maximum absolute atomic E-state index is 11.1. The maximum atomic E-state index is 11.1. The highest BCUT2D eigenvalue weighted by Gasteiger charge is 2.09. The Morgan fingerprint density at radius 1 is 1.56 bits per heavy atom. The van der Waals surface area contributed by atoms with Crippen molar-refractivity contribution >= 4 is 22.9 Å². The van der Waals surface area contributed by atoms with Crippen LogP contribution in [0.2, 0.25) is 0 Å². The Kier molecular flexibility index (Phi) is 4.45. The summed E-state index contributed by atoms with van der Waals surface area (Å²) in [4.78, 5) is 11.1. The highest BCUT2D eigenvalue weighted by molar-refractivity contribution is 7.80. The van der Waals surface area contributed by atoms with Gasteiger partial charge in [0.25, 0.3) is 11.3 Å². The van der Waals surface area contributed by atoms with Crippen LogP contribution in [0.1, 0.15) is 11.1 Å². The molecule has 2 N–H and O–H groups in total. The van der Waals surface area contributed by atoms with Crippen molar-refractivity contribution in [3.63, 3.8) is 0 Å². The predicted octanol–water partition coefficient (Wildman–Crippen LogP) is 1.26. The minimum atomic E-state index is -2.15.